The van der Waals surface area contributed by atoms with Crippen LogP contribution in [0.3, 0.4) is 0 Å². The Labute approximate surface area is 129 Å². The zero-order valence-corrected chi connectivity index (χ0v) is 14.1. The molecule has 18 heavy (non-hydrogen) atoms. The van der Waals surface area contributed by atoms with E-state index in [0.717, 1.165) is 45.2 Å². The van der Waals surface area contributed by atoms with E-state index in [0.29, 0.717) is 0 Å². The van der Waals surface area contributed by atoms with Crippen molar-refractivity contribution < 1.29 is 4.74 Å². The van der Waals surface area contributed by atoms with E-state index >= 15 is 0 Å². The maximum atomic E-state index is 5.52. The predicted octanol–water partition coefficient (Wildman–Crippen LogP) is 2.48. The number of rotatable bonds is 7. The molecule has 5 heteroatoms. The number of unbranched alkanes of at least 4 members (excludes halogenated alkanes) is 1. The zero-order chi connectivity index (χ0) is 12.3. The van der Waals surface area contributed by atoms with Gasteiger partial charge in [-0.2, -0.15) is 0 Å². The predicted molar refractivity (Wildman–Crippen MR) is 87.9 cm³/mol. The number of likely N-dealkylation sites (tertiary alicyclic amines) is 1. The van der Waals surface area contributed by atoms with E-state index in [1.807, 2.05) is 7.05 Å². The van der Waals surface area contributed by atoms with E-state index in [1.54, 1.807) is 0 Å². The fourth-order valence-electron chi connectivity index (χ4n) is 1.98. The van der Waals surface area contributed by atoms with E-state index in [2.05, 4.69) is 22.1 Å². The molecule has 1 rings (SSSR count). The Morgan fingerprint density at radius 2 is 1.89 bits per heavy atom. The number of nitrogens with one attached hydrogen (secondary N) is 1. The highest BCUT2D eigenvalue weighted by Gasteiger charge is 2.14. The Balaban J connectivity index is 0.00000289. The Kier molecular flexibility index (Phi) is 12.0. The fourth-order valence-corrected chi connectivity index (χ4v) is 1.98. The molecule has 1 heterocycles. The number of ether oxygens (including phenoxy) is 1. The topological polar surface area (TPSA) is 36.9 Å². The highest BCUT2D eigenvalue weighted by molar-refractivity contribution is 14.0. The largest absolute Gasteiger partial charge is 0.381 e. The van der Waals surface area contributed by atoms with Crippen molar-refractivity contribution in [1.29, 1.82) is 0 Å². The normalized spacial score (nSPS) is 15.7. The van der Waals surface area contributed by atoms with Crippen LogP contribution in [0.25, 0.3) is 0 Å². The van der Waals surface area contributed by atoms with Crippen LogP contribution in [0, 0.1) is 0 Å². The number of halogens is 1. The molecular weight excluding hydrogens is 341 g/mol. The average Bonchev–Trinajstić information content (AvgIpc) is 2.86. The van der Waals surface area contributed by atoms with Crippen molar-refractivity contribution in [3.8, 4) is 0 Å². The lowest BCUT2D eigenvalue weighted by molar-refractivity contribution is 0.129. The van der Waals surface area contributed by atoms with Gasteiger partial charge in [0.25, 0.3) is 0 Å². The van der Waals surface area contributed by atoms with Crippen molar-refractivity contribution in [1.82, 2.24) is 10.2 Å². The van der Waals surface area contributed by atoms with E-state index in [4.69, 9.17) is 4.74 Å². The third kappa shape index (κ3) is 7.41. The van der Waals surface area contributed by atoms with Gasteiger partial charge in [0.15, 0.2) is 5.96 Å². The second-order valence-corrected chi connectivity index (χ2v) is 4.49. The van der Waals surface area contributed by atoms with Crippen LogP contribution < -0.4 is 5.32 Å². The Hall–Kier alpha value is -0.0400. The number of aliphatic imine (C=N–C) groups is 1. The molecule has 1 aliphatic rings. The highest BCUT2D eigenvalue weighted by atomic mass is 127. The standard InChI is InChI=1S/C13H27N3O.HI/c1-3-4-11-17-12-7-8-15-13(14-2)16-9-5-6-10-16;/h3-12H2,1-2H3,(H,14,15);1H. The molecule has 0 aromatic carbocycles. The van der Waals surface area contributed by atoms with Gasteiger partial charge >= 0.3 is 0 Å². The summed E-state index contributed by atoms with van der Waals surface area (Å²) in [7, 11) is 1.86. The fraction of sp³-hybridized carbons (Fsp3) is 0.923. The summed E-state index contributed by atoms with van der Waals surface area (Å²) < 4.78 is 5.52. The molecule has 0 atom stereocenters. The van der Waals surface area contributed by atoms with Gasteiger partial charge in [0, 0.05) is 39.9 Å². The molecule has 108 valence electrons. The number of hydrogen-bond donors (Lipinski definition) is 1. The Morgan fingerprint density at radius 1 is 1.22 bits per heavy atom. The summed E-state index contributed by atoms with van der Waals surface area (Å²) in [5, 5.41) is 3.40. The minimum Gasteiger partial charge on any atom is -0.381 e. The van der Waals surface area contributed by atoms with Crippen molar-refractivity contribution in [3.63, 3.8) is 0 Å². The molecule has 0 aromatic heterocycles. The Morgan fingerprint density at radius 3 is 2.50 bits per heavy atom. The SMILES string of the molecule is CCCCOCCCNC(=NC)N1CCCC1.I. The van der Waals surface area contributed by atoms with Crippen LogP contribution >= 0.6 is 24.0 Å². The minimum absolute atomic E-state index is 0. The summed E-state index contributed by atoms with van der Waals surface area (Å²) in [4.78, 5) is 6.64. The van der Waals surface area contributed by atoms with Gasteiger partial charge in [0.1, 0.15) is 0 Å². The van der Waals surface area contributed by atoms with Gasteiger partial charge in [-0.05, 0) is 25.7 Å². The van der Waals surface area contributed by atoms with Crippen molar-refractivity contribution in [2.24, 2.45) is 4.99 Å². The van der Waals surface area contributed by atoms with E-state index < -0.39 is 0 Å². The molecule has 0 unspecified atom stereocenters. The van der Waals surface area contributed by atoms with E-state index in [9.17, 15) is 0 Å². The number of hydrogen-bond acceptors (Lipinski definition) is 2. The first-order valence-corrected chi connectivity index (χ1v) is 6.91. The maximum absolute atomic E-state index is 5.52. The van der Waals surface area contributed by atoms with Crippen LogP contribution in [-0.2, 0) is 4.74 Å². The third-order valence-corrected chi connectivity index (χ3v) is 3.01. The molecule has 1 aliphatic heterocycles. The van der Waals surface area contributed by atoms with Crippen LogP contribution in [-0.4, -0.2) is 50.8 Å². The van der Waals surface area contributed by atoms with Gasteiger partial charge in [0.2, 0.25) is 0 Å². The lowest BCUT2D eigenvalue weighted by Gasteiger charge is -2.20. The van der Waals surface area contributed by atoms with Gasteiger partial charge in [0.05, 0.1) is 0 Å². The lowest BCUT2D eigenvalue weighted by atomic mass is 10.4. The second kappa shape index (κ2) is 12.0. The van der Waals surface area contributed by atoms with Crippen molar-refractivity contribution in [3.05, 3.63) is 0 Å². The van der Waals surface area contributed by atoms with Crippen LogP contribution in [0.4, 0.5) is 0 Å². The second-order valence-electron chi connectivity index (χ2n) is 4.49. The summed E-state index contributed by atoms with van der Waals surface area (Å²) >= 11 is 0. The zero-order valence-electron chi connectivity index (χ0n) is 11.8. The van der Waals surface area contributed by atoms with Crippen molar-refractivity contribution >= 4 is 29.9 Å². The molecule has 1 N–H and O–H groups in total. The Bertz CT molecular complexity index is 218. The molecule has 0 spiro atoms. The lowest BCUT2D eigenvalue weighted by Crippen LogP contribution is -2.40. The smallest absolute Gasteiger partial charge is 0.193 e. The van der Waals surface area contributed by atoms with Gasteiger partial charge in [-0.1, -0.05) is 13.3 Å². The van der Waals surface area contributed by atoms with E-state index in [-0.39, 0.29) is 24.0 Å². The summed E-state index contributed by atoms with van der Waals surface area (Å²) in [6, 6.07) is 0. The van der Waals surface area contributed by atoms with Crippen LogP contribution in [0.1, 0.15) is 39.0 Å². The first kappa shape index (κ1) is 18.0. The number of nitrogens with zero attached hydrogens (tertiary/aromatic N) is 2. The maximum Gasteiger partial charge on any atom is 0.193 e. The van der Waals surface area contributed by atoms with Gasteiger partial charge in [-0.3, -0.25) is 4.99 Å². The molecule has 0 aromatic rings. The molecule has 0 bridgehead atoms. The molecular formula is C13H28IN3O. The summed E-state index contributed by atoms with van der Waals surface area (Å²) in [6.45, 7) is 7.18. The quantitative estimate of drug-likeness (QED) is 0.324. The molecule has 1 saturated heterocycles. The first-order valence-electron chi connectivity index (χ1n) is 6.91. The molecule has 0 saturated carbocycles. The monoisotopic (exact) mass is 369 g/mol. The van der Waals surface area contributed by atoms with Crippen LogP contribution in [0.5, 0.6) is 0 Å². The van der Waals surface area contributed by atoms with Gasteiger partial charge in [-0.25, -0.2) is 0 Å². The minimum atomic E-state index is 0. The van der Waals surface area contributed by atoms with Crippen LogP contribution in [0.2, 0.25) is 0 Å². The molecule has 0 aliphatic carbocycles. The molecule has 0 radical (unpaired) electrons. The van der Waals surface area contributed by atoms with Gasteiger partial charge < -0.3 is 15.0 Å². The summed E-state index contributed by atoms with van der Waals surface area (Å²) in [6.07, 6.45) is 6.01. The number of guanidine groups is 1. The highest BCUT2D eigenvalue weighted by Crippen LogP contribution is 2.06. The van der Waals surface area contributed by atoms with Gasteiger partial charge in [-0.15, -0.1) is 24.0 Å². The van der Waals surface area contributed by atoms with Crippen molar-refractivity contribution in [2.75, 3.05) is 39.9 Å². The molecule has 0 amide bonds. The van der Waals surface area contributed by atoms with Crippen molar-refractivity contribution in [2.45, 2.75) is 39.0 Å². The van der Waals surface area contributed by atoms with Crippen LogP contribution in [0.15, 0.2) is 4.99 Å². The summed E-state index contributed by atoms with van der Waals surface area (Å²) in [5.74, 6) is 1.05. The molecule has 4 nitrogen and oxygen atoms in total. The molecule has 1 fully saturated rings. The average molecular weight is 369 g/mol. The summed E-state index contributed by atoms with van der Waals surface area (Å²) in [5.41, 5.74) is 0. The van der Waals surface area contributed by atoms with E-state index in [1.165, 1.54) is 25.7 Å². The third-order valence-electron chi connectivity index (χ3n) is 3.01. The first-order chi connectivity index (χ1) is 8.38.